The normalized spacial score (nSPS) is 18.7. The molecule has 0 unspecified atom stereocenters. The summed E-state index contributed by atoms with van der Waals surface area (Å²) in [6, 6.07) is 18.6. The minimum absolute atomic E-state index is 0.327. The molecule has 8 heteroatoms. The molecule has 2 fully saturated rings. The van der Waals surface area contributed by atoms with E-state index in [0.717, 1.165) is 10.9 Å². The zero-order valence-electron chi connectivity index (χ0n) is 14.6. The van der Waals surface area contributed by atoms with Crippen LogP contribution in [0.2, 0.25) is 0 Å². The Hall–Kier alpha value is -2.61. The topological polar surface area (TPSA) is 84.5 Å². The van der Waals surface area contributed by atoms with Gasteiger partial charge in [0.25, 0.3) is 0 Å². The van der Waals surface area contributed by atoms with Gasteiger partial charge in [0.15, 0.2) is 0 Å². The summed E-state index contributed by atoms with van der Waals surface area (Å²) in [6.07, 6.45) is 0. The average molecular weight is 358 g/mol. The van der Waals surface area contributed by atoms with Gasteiger partial charge in [-0.15, -0.1) is 0 Å². The lowest BCUT2D eigenvalue weighted by Gasteiger charge is -2.42. The molecule has 0 aliphatic carbocycles. The first kappa shape index (κ1) is 17.8. The molecule has 27 heavy (non-hydrogen) atoms. The van der Waals surface area contributed by atoms with Gasteiger partial charge in [0.2, 0.25) is 0 Å². The van der Waals surface area contributed by atoms with Gasteiger partial charge in [-0.1, -0.05) is 24.3 Å². The summed E-state index contributed by atoms with van der Waals surface area (Å²) in [5.41, 5.74) is 2.66. The quantitative estimate of drug-likeness (QED) is 0.732. The molecule has 0 saturated carbocycles. The van der Waals surface area contributed by atoms with E-state index < -0.39 is 14.2 Å². The van der Waals surface area contributed by atoms with Crippen LogP contribution in [0, 0.1) is 28.1 Å². The maximum absolute atomic E-state index is 8.88. The Morgan fingerprint density at radius 1 is 0.630 bits per heavy atom. The molecule has 0 aromatic heterocycles. The smallest absolute Gasteiger partial charge is 0.406 e. The number of nitriles is 2. The Kier molecular flexibility index (Phi) is 4.98. The predicted octanol–water partition coefficient (Wildman–Crippen LogP) is 0.601. The SMILES string of the molecule is N#Cc1ccc(B2OCC3(CO2)COB(c2ccc(C#N)cc2)OC3)cc1. The van der Waals surface area contributed by atoms with Crippen LogP contribution < -0.4 is 10.9 Å². The van der Waals surface area contributed by atoms with Crippen LogP contribution in [0.3, 0.4) is 0 Å². The van der Waals surface area contributed by atoms with Crippen LogP contribution in [0.15, 0.2) is 48.5 Å². The molecule has 2 aliphatic rings. The molecule has 2 heterocycles. The molecule has 0 amide bonds. The Morgan fingerprint density at radius 3 is 1.26 bits per heavy atom. The van der Waals surface area contributed by atoms with Crippen molar-refractivity contribution in [3.05, 3.63) is 59.7 Å². The van der Waals surface area contributed by atoms with Crippen LogP contribution in [0.1, 0.15) is 11.1 Å². The first-order chi connectivity index (χ1) is 13.2. The van der Waals surface area contributed by atoms with E-state index in [9.17, 15) is 0 Å². The lowest BCUT2D eigenvalue weighted by molar-refractivity contribution is -0.0787. The van der Waals surface area contributed by atoms with Gasteiger partial charge in [-0.3, -0.25) is 0 Å². The van der Waals surface area contributed by atoms with Crippen molar-refractivity contribution in [2.75, 3.05) is 26.4 Å². The van der Waals surface area contributed by atoms with Gasteiger partial charge in [-0.25, -0.2) is 0 Å². The molecule has 0 radical (unpaired) electrons. The van der Waals surface area contributed by atoms with Crippen molar-refractivity contribution in [1.82, 2.24) is 0 Å². The summed E-state index contributed by atoms with van der Waals surface area (Å²) in [7, 11) is -0.890. The summed E-state index contributed by atoms with van der Waals surface area (Å²) < 4.78 is 23.6. The minimum Gasteiger partial charge on any atom is -0.406 e. The van der Waals surface area contributed by atoms with Crippen LogP contribution in [0.5, 0.6) is 0 Å². The van der Waals surface area contributed by atoms with Gasteiger partial charge in [-0.2, -0.15) is 10.5 Å². The number of nitrogens with zero attached hydrogens (tertiary/aromatic N) is 2. The molecular weight excluding hydrogens is 342 g/mol. The van der Waals surface area contributed by atoms with Gasteiger partial charge in [-0.05, 0) is 35.2 Å². The summed E-state index contributed by atoms with van der Waals surface area (Å²) >= 11 is 0. The first-order valence-electron chi connectivity index (χ1n) is 8.68. The highest BCUT2D eigenvalue weighted by Gasteiger charge is 2.45. The molecule has 2 saturated heterocycles. The summed E-state index contributed by atoms with van der Waals surface area (Å²) in [4.78, 5) is 0. The van der Waals surface area contributed by atoms with Crippen molar-refractivity contribution in [3.8, 4) is 12.1 Å². The van der Waals surface area contributed by atoms with Gasteiger partial charge < -0.3 is 18.6 Å². The number of hydrogen-bond donors (Lipinski definition) is 0. The first-order valence-corrected chi connectivity index (χ1v) is 8.68. The zero-order chi connectivity index (χ0) is 18.7. The molecule has 0 atom stereocenters. The second-order valence-corrected chi connectivity index (χ2v) is 6.88. The fourth-order valence-corrected chi connectivity index (χ4v) is 3.17. The molecule has 2 aliphatic heterocycles. The number of hydrogen-bond acceptors (Lipinski definition) is 6. The van der Waals surface area contributed by atoms with E-state index in [1.807, 2.05) is 24.3 Å². The molecule has 0 N–H and O–H groups in total. The third-order valence-corrected chi connectivity index (χ3v) is 4.79. The minimum atomic E-state index is -0.445. The summed E-state index contributed by atoms with van der Waals surface area (Å²) in [5, 5.41) is 17.8. The van der Waals surface area contributed by atoms with Crippen molar-refractivity contribution < 1.29 is 18.6 Å². The second kappa shape index (κ2) is 7.56. The van der Waals surface area contributed by atoms with E-state index in [-0.39, 0.29) is 5.41 Å². The Bertz CT molecular complexity index is 795. The van der Waals surface area contributed by atoms with Crippen molar-refractivity contribution in [3.63, 3.8) is 0 Å². The van der Waals surface area contributed by atoms with Crippen LogP contribution in [-0.2, 0) is 18.6 Å². The molecule has 2 aromatic carbocycles. The maximum atomic E-state index is 8.88. The average Bonchev–Trinajstić information content (AvgIpc) is 2.75. The second-order valence-electron chi connectivity index (χ2n) is 6.88. The third-order valence-electron chi connectivity index (χ3n) is 4.79. The summed E-state index contributed by atoms with van der Waals surface area (Å²) in [5.74, 6) is 0. The lowest BCUT2D eigenvalue weighted by Crippen LogP contribution is -2.58. The van der Waals surface area contributed by atoms with E-state index in [4.69, 9.17) is 29.1 Å². The van der Waals surface area contributed by atoms with Crippen molar-refractivity contribution in [2.24, 2.45) is 5.41 Å². The van der Waals surface area contributed by atoms with Crippen LogP contribution in [-0.4, -0.2) is 40.7 Å². The number of benzene rings is 2. The van der Waals surface area contributed by atoms with Crippen molar-refractivity contribution in [1.29, 1.82) is 10.5 Å². The Labute approximate surface area is 158 Å². The van der Waals surface area contributed by atoms with E-state index in [1.54, 1.807) is 24.3 Å². The third kappa shape index (κ3) is 3.75. The zero-order valence-corrected chi connectivity index (χ0v) is 14.6. The monoisotopic (exact) mass is 358 g/mol. The van der Waals surface area contributed by atoms with Crippen LogP contribution in [0.25, 0.3) is 0 Å². The van der Waals surface area contributed by atoms with E-state index in [2.05, 4.69) is 12.1 Å². The highest BCUT2D eigenvalue weighted by molar-refractivity contribution is 6.62. The van der Waals surface area contributed by atoms with E-state index in [1.165, 1.54) is 0 Å². The highest BCUT2D eigenvalue weighted by atomic mass is 16.6. The van der Waals surface area contributed by atoms with E-state index in [0.29, 0.717) is 37.6 Å². The predicted molar refractivity (Wildman–Crippen MR) is 99.3 cm³/mol. The molecule has 4 rings (SSSR count). The molecule has 0 bridgehead atoms. The van der Waals surface area contributed by atoms with E-state index >= 15 is 0 Å². The Balaban J connectivity index is 1.34. The lowest BCUT2D eigenvalue weighted by atomic mass is 9.72. The molecule has 6 nitrogen and oxygen atoms in total. The standard InChI is InChI=1S/C19H16B2N2O4/c22-9-15-1-5-17(6-2-15)20-24-11-19(12-25-20)13-26-21(27-14-19)18-7-3-16(10-23)4-8-18/h1-8H,11-14H2. The fourth-order valence-electron chi connectivity index (χ4n) is 3.17. The van der Waals surface area contributed by atoms with Gasteiger partial charge in [0.05, 0.1) is 28.7 Å². The van der Waals surface area contributed by atoms with Crippen molar-refractivity contribution >= 4 is 25.2 Å². The largest absolute Gasteiger partial charge is 0.493 e. The van der Waals surface area contributed by atoms with Gasteiger partial charge in [0, 0.05) is 26.4 Å². The number of rotatable bonds is 2. The van der Waals surface area contributed by atoms with Gasteiger partial charge in [0.1, 0.15) is 0 Å². The summed E-state index contributed by atoms with van der Waals surface area (Å²) in [6.45, 7) is 1.88. The van der Waals surface area contributed by atoms with Gasteiger partial charge >= 0.3 is 14.2 Å². The molecule has 1 spiro atoms. The van der Waals surface area contributed by atoms with Crippen LogP contribution >= 0.6 is 0 Å². The van der Waals surface area contributed by atoms with Crippen LogP contribution in [0.4, 0.5) is 0 Å². The molecule has 132 valence electrons. The highest BCUT2D eigenvalue weighted by Crippen LogP contribution is 2.28. The molecule has 2 aromatic rings. The Morgan fingerprint density at radius 2 is 0.963 bits per heavy atom. The maximum Gasteiger partial charge on any atom is 0.493 e. The molecular formula is C19H16B2N2O4. The fraction of sp³-hybridized carbons (Fsp3) is 0.263. The van der Waals surface area contributed by atoms with Crippen molar-refractivity contribution in [2.45, 2.75) is 0 Å².